The van der Waals surface area contributed by atoms with Crippen molar-refractivity contribution >= 4 is 23.4 Å². The lowest BCUT2D eigenvalue weighted by Gasteiger charge is -2.22. The lowest BCUT2D eigenvalue weighted by Crippen LogP contribution is -2.27. The molecule has 0 amide bonds. The maximum atomic E-state index is 13.8. The number of para-hydroxylation sites is 1. The Kier molecular flexibility index (Phi) is 4.69. The molecule has 3 nitrogen and oxygen atoms in total. The molecular formula is C14H18FNO2S. The maximum Gasteiger partial charge on any atom is 0.337 e. The van der Waals surface area contributed by atoms with Crippen molar-refractivity contribution in [3.8, 4) is 0 Å². The Morgan fingerprint density at radius 2 is 2.32 bits per heavy atom. The third kappa shape index (κ3) is 3.21. The lowest BCUT2D eigenvalue weighted by molar-refractivity contribution is 0.0697. The van der Waals surface area contributed by atoms with E-state index in [4.69, 9.17) is 5.11 Å². The molecule has 0 heterocycles. The summed E-state index contributed by atoms with van der Waals surface area (Å²) in [5, 5.41) is 12.7. The molecule has 0 bridgehead atoms. The molecule has 0 aliphatic heterocycles. The van der Waals surface area contributed by atoms with Crippen LogP contribution < -0.4 is 5.32 Å². The van der Waals surface area contributed by atoms with Gasteiger partial charge in [0.15, 0.2) is 0 Å². The molecule has 0 aromatic heterocycles. The minimum atomic E-state index is -1.10. The summed E-state index contributed by atoms with van der Waals surface area (Å²) in [7, 11) is 0. The molecule has 1 aromatic rings. The third-order valence-corrected chi connectivity index (χ3v) is 4.73. The molecule has 5 heteroatoms. The zero-order valence-corrected chi connectivity index (χ0v) is 11.7. The SMILES string of the molecule is CCSC1CCCC1Nc1c(F)cccc1C(=O)O. The second kappa shape index (κ2) is 6.28. The van der Waals surface area contributed by atoms with E-state index in [0.717, 1.165) is 25.0 Å². The van der Waals surface area contributed by atoms with E-state index in [-0.39, 0.29) is 17.3 Å². The van der Waals surface area contributed by atoms with Crippen LogP contribution in [0.5, 0.6) is 0 Å². The summed E-state index contributed by atoms with van der Waals surface area (Å²) >= 11 is 1.85. The number of carboxylic acid groups (broad SMARTS) is 1. The number of anilines is 1. The second-order valence-electron chi connectivity index (χ2n) is 4.64. The quantitative estimate of drug-likeness (QED) is 0.866. The molecule has 2 N–H and O–H groups in total. The average molecular weight is 283 g/mol. The lowest BCUT2D eigenvalue weighted by atomic mass is 10.1. The number of carboxylic acids is 1. The molecule has 104 valence electrons. The molecule has 1 aromatic carbocycles. The topological polar surface area (TPSA) is 49.3 Å². The molecule has 1 saturated carbocycles. The highest BCUT2D eigenvalue weighted by molar-refractivity contribution is 7.99. The van der Waals surface area contributed by atoms with Gasteiger partial charge in [0.1, 0.15) is 5.82 Å². The number of carbonyl (C=O) groups is 1. The van der Waals surface area contributed by atoms with Crippen LogP contribution in [-0.4, -0.2) is 28.1 Å². The van der Waals surface area contributed by atoms with Crippen molar-refractivity contribution < 1.29 is 14.3 Å². The first-order chi connectivity index (χ1) is 9.13. The Balaban J connectivity index is 2.20. The van der Waals surface area contributed by atoms with Gasteiger partial charge in [-0.2, -0.15) is 11.8 Å². The molecule has 1 aliphatic carbocycles. The minimum Gasteiger partial charge on any atom is -0.478 e. The van der Waals surface area contributed by atoms with Crippen LogP contribution in [0.15, 0.2) is 18.2 Å². The van der Waals surface area contributed by atoms with E-state index < -0.39 is 11.8 Å². The normalized spacial score (nSPS) is 22.4. The van der Waals surface area contributed by atoms with E-state index in [1.807, 2.05) is 11.8 Å². The fraction of sp³-hybridized carbons (Fsp3) is 0.500. The Labute approximate surface area is 116 Å². The summed E-state index contributed by atoms with van der Waals surface area (Å²) in [6, 6.07) is 4.31. The molecule has 0 saturated heterocycles. The van der Waals surface area contributed by atoms with Crippen LogP contribution in [0.1, 0.15) is 36.5 Å². The van der Waals surface area contributed by atoms with E-state index in [9.17, 15) is 9.18 Å². The predicted octanol–water partition coefficient (Wildman–Crippen LogP) is 3.61. The third-order valence-electron chi connectivity index (χ3n) is 3.41. The van der Waals surface area contributed by atoms with E-state index >= 15 is 0 Å². The van der Waals surface area contributed by atoms with Crippen LogP contribution in [0.25, 0.3) is 0 Å². The first-order valence-electron chi connectivity index (χ1n) is 6.53. The summed E-state index contributed by atoms with van der Waals surface area (Å²) in [5.74, 6) is -0.571. The molecule has 0 spiro atoms. The zero-order chi connectivity index (χ0) is 13.8. The summed E-state index contributed by atoms with van der Waals surface area (Å²) in [5.41, 5.74) is 0.135. The highest BCUT2D eigenvalue weighted by Gasteiger charge is 2.29. The number of hydrogen-bond donors (Lipinski definition) is 2. The van der Waals surface area contributed by atoms with Crippen LogP contribution >= 0.6 is 11.8 Å². The summed E-state index contributed by atoms with van der Waals surface area (Å²) in [6.07, 6.45) is 3.17. The molecule has 0 radical (unpaired) electrons. The highest BCUT2D eigenvalue weighted by atomic mass is 32.2. The van der Waals surface area contributed by atoms with Crippen LogP contribution in [-0.2, 0) is 0 Å². The molecule has 2 unspecified atom stereocenters. The molecule has 1 aliphatic rings. The smallest absolute Gasteiger partial charge is 0.337 e. The van der Waals surface area contributed by atoms with E-state index in [1.54, 1.807) is 0 Å². The Morgan fingerprint density at radius 1 is 1.53 bits per heavy atom. The molecule has 19 heavy (non-hydrogen) atoms. The number of benzene rings is 1. The van der Waals surface area contributed by atoms with Gasteiger partial charge in [-0.1, -0.05) is 19.4 Å². The number of nitrogens with one attached hydrogen (secondary N) is 1. The Bertz CT molecular complexity index is 467. The first kappa shape index (κ1) is 14.2. The standard InChI is InChI=1S/C14H18FNO2S/c1-2-19-12-8-4-7-11(12)16-13-9(14(17)18)5-3-6-10(13)15/h3,5-6,11-12,16H,2,4,7-8H2,1H3,(H,17,18). The van der Waals surface area contributed by atoms with Gasteiger partial charge in [0, 0.05) is 11.3 Å². The van der Waals surface area contributed by atoms with Crippen LogP contribution in [0, 0.1) is 5.82 Å². The van der Waals surface area contributed by atoms with Gasteiger partial charge in [-0.05, 0) is 30.7 Å². The maximum absolute atomic E-state index is 13.8. The number of rotatable bonds is 5. The molecule has 1 fully saturated rings. The van der Waals surface area contributed by atoms with Gasteiger partial charge in [0.05, 0.1) is 11.3 Å². The Hall–Kier alpha value is -1.23. The highest BCUT2D eigenvalue weighted by Crippen LogP contribution is 2.33. The van der Waals surface area contributed by atoms with E-state index in [1.165, 1.54) is 18.2 Å². The Morgan fingerprint density at radius 3 is 3.00 bits per heavy atom. The summed E-state index contributed by atoms with van der Waals surface area (Å²) in [4.78, 5) is 11.1. The zero-order valence-electron chi connectivity index (χ0n) is 10.9. The van der Waals surface area contributed by atoms with Gasteiger partial charge in [0.25, 0.3) is 0 Å². The average Bonchev–Trinajstić information content (AvgIpc) is 2.79. The van der Waals surface area contributed by atoms with Gasteiger partial charge < -0.3 is 10.4 Å². The van der Waals surface area contributed by atoms with Gasteiger partial charge in [-0.15, -0.1) is 0 Å². The predicted molar refractivity (Wildman–Crippen MR) is 76.5 cm³/mol. The van der Waals surface area contributed by atoms with Gasteiger partial charge in [-0.3, -0.25) is 0 Å². The van der Waals surface area contributed by atoms with Gasteiger partial charge in [0.2, 0.25) is 0 Å². The molecule has 2 rings (SSSR count). The number of halogens is 1. The van der Waals surface area contributed by atoms with Crippen molar-refractivity contribution in [1.82, 2.24) is 0 Å². The van der Waals surface area contributed by atoms with E-state index in [0.29, 0.717) is 5.25 Å². The van der Waals surface area contributed by atoms with Crippen LogP contribution in [0.4, 0.5) is 10.1 Å². The number of aromatic carboxylic acids is 1. The number of hydrogen-bond acceptors (Lipinski definition) is 3. The van der Waals surface area contributed by atoms with Crippen molar-refractivity contribution in [3.05, 3.63) is 29.6 Å². The summed E-state index contributed by atoms with van der Waals surface area (Å²) in [6.45, 7) is 2.10. The van der Waals surface area contributed by atoms with Crippen molar-refractivity contribution in [2.45, 2.75) is 37.5 Å². The monoisotopic (exact) mass is 283 g/mol. The van der Waals surface area contributed by atoms with Crippen LogP contribution in [0.3, 0.4) is 0 Å². The van der Waals surface area contributed by atoms with Crippen molar-refractivity contribution in [1.29, 1.82) is 0 Å². The van der Waals surface area contributed by atoms with E-state index in [2.05, 4.69) is 12.2 Å². The van der Waals surface area contributed by atoms with Gasteiger partial charge >= 0.3 is 5.97 Å². The molecule has 2 atom stereocenters. The van der Waals surface area contributed by atoms with Gasteiger partial charge in [-0.25, -0.2) is 9.18 Å². The summed E-state index contributed by atoms with van der Waals surface area (Å²) < 4.78 is 13.8. The van der Waals surface area contributed by atoms with Crippen LogP contribution in [0.2, 0.25) is 0 Å². The van der Waals surface area contributed by atoms with Crippen molar-refractivity contribution in [2.24, 2.45) is 0 Å². The van der Waals surface area contributed by atoms with Crippen molar-refractivity contribution in [2.75, 3.05) is 11.1 Å². The second-order valence-corrected chi connectivity index (χ2v) is 6.16. The fourth-order valence-corrected chi connectivity index (χ4v) is 3.74. The number of thioether (sulfide) groups is 1. The minimum absolute atomic E-state index is 0.00662. The van der Waals surface area contributed by atoms with Crippen molar-refractivity contribution in [3.63, 3.8) is 0 Å². The molecular weight excluding hydrogens is 265 g/mol. The largest absolute Gasteiger partial charge is 0.478 e. The fourth-order valence-electron chi connectivity index (χ4n) is 2.54. The first-order valence-corrected chi connectivity index (χ1v) is 7.58.